The quantitative estimate of drug-likeness (QED) is 0.846. The van der Waals surface area contributed by atoms with E-state index in [0.29, 0.717) is 11.4 Å². The zero-order chi connectivity index (χ0) is 15.2. The van der Waals surface area contributed by atoms with Gasteiger partial charge in [-0.25, -0.2) is 0 Å². The summed E-state index contributed by atoms with van der Waals surface area (Å²) in [4.78, 5) is 23.6. The van der Waals surface area contributed by atoms with E-state index >= 15 is 0 Å². The van der Waals surface area contributed by atoms with E-state index < -0.39 is 0 Å². The summed E-state index contributed by atoms with van der Waals surface area (Å²) in [5, 5.41) is 5.42. The second-order valence-electron chi connectivity index (χ2n) is 5.02. The maximum atomic E-state index is 11.9. The Hall–Kier alpha value is -2.62. The molecule has 0 spiro atoms. The highest BCUT2D eigenvalue weighted by Gasteiger charge is 2.10. The van der Waals surface area contributed by atoms with E-state index in [-0.39, 0.29) is 18.2 Å². The smallest absolute Gasteiger partial charge is 0.233 e. The Morgan fingerprint density at radius 2 is 1.33 bits per heavy atom. The van der Waals surface area contributed by atoms with Crippen LogP contribution in [0.25, 0.3) is 0 Å². The number of aryl methyl sites for hydroxylation is 2. The third-order valence-electron chi connectivity index (χ3n) is 2.88. The fourth-order valence-corrected chi connectivity index (χ4v) is 2.12. The minimum Gasteiger partial charge on any atom is -0.326 e. The number of amides is 2. The van der Waals surface area contributed by atoms with Crippen LogP contribution in [-0.2, 0) is 9.59 Å². The molecule has 0 aliphatic carbocycles. The molecule has 2 rings (SSSR count). The molecule has 0 aliphatic rings. The van der Waals surface area contributed by atoms with Crippen molar-refractivity contribution in [1.82, 2.24) is 0 Å². The van der Waals surface area contributed by atoms with Gasteiger partial charge in [0.15, 0.2) is 0 Å². The summed E-state index contributed by atoms with van der Waals surface area (Å²) in [6.07, 6.45) is -0.206. The summed E-state index contributed by atoms with van der Waals surface area (Å²) in [6.45, 7) is 3.93. The van der Waals surface area contributed by atoms with Crippen molar-refractivity contribution in [2.24, 2.45) is 0 Å². The van der Waals surface area contributed by atoms with E-state index in [9.17, 15) is 9.59 Å². The number of para-hydroxylation sites is 1. The molecule has 0 unspecified atom stereocenters. The van der Waals surface area contributed by atoms with Gasteiger partial charge in [0.05, 0.1) is 0 Å². The highest BCUT2D eigenvalue weighted by molar-refractivity contribution is 6.08. The Morgan fingerprint density at radius 3 is 1.90 bits per heavy atom. The molecule has 108 valence electrons. The van der Waals surface area contributed by atoms with Gasteiger partial charge in [-0.15, -0.1) is 0 Å². The van der Waals surface area contributed by atoms with E-state index in [0.717, 1.165) is 11.1 Å². The molecule has 2 amide bonds. The lowest BCUT2D eigenvalue weighted by molar-refractivity contribution is -0.123. The number of rotatable bonds is 4. The second kappa shape index (κ2) is 6.70. The molecule has 0 fully saturated rings. The molecular weight excluding hydrogens is 264 g/mol. The van der Waals surface area contributed by atoms with Crippen molar-refractivity contribution in [3.05, 3.63) is 59.7 Å². The van der Waals surface area contributed by atoms with Crippen LogP contribution in [0.4, 0.5) is 11.4 Å². The Bertz CT molecular complexity index is 631. The van der Waals surface area contributed by atoms with Crippen LogP contribution in [0.1, 0.15) is 17.5 Å². The van der Waals surface area contributed by atoms with Crippen molar-refractivity contribution in [2.45, 2.75) is 20.3 Å². The summed E-state index contributed by atoms with van der Waals surface area (Å²) in [5.74, 6) is -0.656. The van der Waals surface area contributed by atoms with Gasteiger partial charge in [0.25, 0.3) is 0 Å². The minimum atomic E-state index is -0.330. The van der Waals surface area contributed by atoms with Gasteiger partial charge in [-0.05, 0) is 49.2 Å². The van der Waals surface area contributed by atoms with Crippen LogP contribution in [0.3, 0.4) is 0 Å². The van der Waals surface area contributed by atoms with E-state index in [1.54, 1.807) is 12.1 Å². The fraction of sp³-hybridized carbons (Fsp3) is 0.176. The lowest BCUT2D eigenvalue weighted by atomic mass is 10.1. The van der Waals surface area contributed by atoms with Crippen LogP contribution in [0.15, 0.2) is 48.5 Å². The van der Waals surface area contributed by atoms with Gasteiger partial charge in [0.1, 0.15) is 6.42 Å². The van der Waals surface area contributed by atoms with Crippen molar-refractivity contribution in [3.63, 3.8) is 0 Å². The lowest BCUT2D eigenvalue weighted by Crippen LogP contribution is -2.21. The van der Waals surface area contributed by atoms with Gasteiger partial charge in [0, 0.05) is 11.4 Å². The molecule has 0 atom stereocenters. The minimum absolute atomic E-state index is 0.206. The molecule has 4 heteroatoms. The van der Waals surface area contributed by atoms with E-state index in [1.165, 1.54) is 0 Å². The Balaban J connectivity index is 1.91. The molecular formula is C17H18N2O2. The van der Waals surface area contributed by atoms with E-state index in [2.05, 4.69) is 10.6 Å². The van der Waals surface area contributed by atoms with Crippen LogP contribution in [0, 0.1) is 13.8 Å². The fourth-order valence-electron chi connectivity index (χ4n) is 2.12. The van der Waals surface area contributed by atoms with Crippen molar-refractivity contribution >= 4 is 23.2 Å². The maximum absolute atomic E-state index is 11.9. The first kappa shape index (κ1) is 14.8. The number of anilines is 2. The van der Waals surface area contributed by atoms with Gasteiger partial charge in [-0.2, -0.15) is 0 Å². The number of benzene rings is 2. The molecule has 2 aromatic rings. The van der Waals surface area contributed by atoms with Gasteiger partial charge in [0.2, 0.25) is 11.8 Å². The summed E-state index contributed by atoms with van der Waals surface area (Å²) in [5.41, 5.74) is 3.53. The topological polar surface area (TPSA) is 58.2 Å². The lowest BCUT2D eigenvalue weighted by Gasteiger charge is -2.08. The van der Waals surface area contributed by atoms with Crippen molar-refractivity contribution < 1.29 is 9.59 Å². The van der Waals surface area contributed by atoms with Gasteiger partial charge >= 0.3 is 0 Å². The third kappa shape index (κ3) is 4.76. The molecule has 2 N–H and O–H groups in total. The zero-order valence-electron chi connectivity index (χ0n) is 12.1. The van der Waals surface area contributed by atoms with Gasteiger partial charge in [-0.1, -0.05) is 24.3 Å². The van der Waals surface area contributed by atoms with Crippen LogP contribution in [-0.4, -0.2) is 11.8 Å². The predicted octanol–water partition coefficient (Wildman–Crippen LogP) is 3.27. The Labute approximate surface area is 124 Å². The standard InChI is InChI=1S/C17H18N2O2/c1-12-8-13(2)10-15(9-12)19-17(21)11-16(20)18-14-6-4-3-5-7-14/h3-10H,11H2,1-2H3,(H,18,20)(H,19,21). The summed E-state index contributed by atoms with van der Waals surface area (Å²) >= 11 is 0. The maximum Gasteiger partial charge on any atom is 0.233 e. The molecule has 21 heavy (non-hydrogen) atoms. The second-order valence-corrected chi connectivity index (χ2v) is 5.02. The number of hydrogen-bond donors (Lipinski definition) is 2. The van der Waals surface area contributed by atoms with Crippen molar-refractivity contribution in [3.8, 4) is 0 Å². The third-order valence-corrected chi connectivity index (χ3v) is 2.88. The molecule has 0 aromatic heterocycles. The summed E-state index contributed by atoms with van der Waals surface area (Å²) in [7, 11) is 0. The average Bonchev–Trinajstić information content (AvgIpc) is 2.37. The summed E-state index contributed by atoms with van der Waals surface area (Å²) in [6, 6.07) is 14.8. The van der Waals surface area contributed by atoms with Crippen LogP contribution in [0.2, 0.25) is 0 Å². The predicted molar refractivity (Wildman–Crippen MR) is 84.2 cm³/mol. The van der Waals surface area contributed by atoms with Crippen LogP contribution < -0.4 is 10.6 Å². The SMILES string of the molecule is Cc1cc(C)cc(NC(=O)CC(=O)Nc2ccccc2)c1. The molecule has 0 saturated heterocycles. The molecule has 0 bridgehead atoms. The Morgan fingerprint density at radius 1 is 0.810 bits per heavy atom. The molecule has 4 nitrogen and oxygen atoms in total. The van der Waals surface area contributed by atoms with Gasteiger partial charge < -0.3 is 10.6 Å². The van der Waals surface area contributed by atoms with Crippen molar-refractivity contribution in [2.75, 3.05) is 10.6 Å². The van der Waals surface area contributed by atoms with Crippen molar-refractivity contribution in [1.29, 1.82) is 0 Å². The average molecular weight is 282 g/mol. The summed E-state index contributed by atoms with van der Waals surface area (Å²) < 4.78 is 0. The van der Waals surface area contributed by atoms with Gasteiger partial charge in [-0.3, -0.25) is 9.59 Å². The van der Waals surface area contributed by atoms with E-state index in [1.807, 2.05) is 50.2 Å². The number of hydrogen-bond acceptors (Lipinski definition) is 2. The first-order valence-corrected chi connectivity index (χ1v) is 6.76. The first-order valence-electron chi connectivity index (χ1n) is 6.76. The zero-order valence-corrected chi connectivity index (χ0v) is 12.1. The molecule has 0 heterocycles. The molecule has 0 aliphatic heterocycles. The monoisotopic (exact) mass is 282 g/mol. The molecule has 0 saturated carbocycles. The highest BCUT2D eigenvalue weighted by Crippen LogP contribution is 2.14. The number of nitrogens with one attached hydrogen (secondary N) is 2. The largest absolute Gasteiger partial charge is 0.326 e. The molecule has 0 radical (unpaired) electrons. The highest BCUT2D eigenvalue weighted by atomic mass is 16.2. The Kier molecular flexibility index (Phi) is 4.72. The van der Waals surface area contributed by atoms with Crippen LogP contribution >= 0.6 is 0 Å². The van der Waals surface area contributed by atoms with Crippen LogP contribution in [0.5, 0.6) is 0 Å². The first-order chi connectivity index (χ1) is 10.0. The normalized spacial score (nSPS) is 10.0. The molecule has 2 aromatic carbocycles. The number of carbonyl (C=O) groups excluding carboxylic acids is 2. The van der Waals surface area contributed by atoms with E-state index in [4.69, 9.17) is 0 Å². The number of carbonyl (C=O) groups is 2.